The third-order valence-corrected chi connectivity index (χ3v) is 1.40. The van der Waals surface area contributed by atoms with Gasteiger partial charge < -0.3 is 14.7 Å². The van der Waals surface area contributed by atoms with Crippen molar-refractivity contribution in [3.05, 3.63) is 34.4 Å². The normalized spacial score (nSPS) is 9.43. The molecule has 1 aromatic carbocycles. The van der Waals surface area contributed by atoms with Crippen LogP contribution in [-0.2, 0) is 4.84 Å². The number of hydrogen-bond donors (Lipinski definition) is 1. The highest BCUT2D eigenvalue weighted by Gasteiger charge is 2.00. The van der Waals surface area contributed by atoms with E-state index in [0.29, 0.717) is 0 Å². The first kappa shape index (κ1) is 10.1. The van der Waals surface area contributed by atoms with Crippen molar-refractivity contribution in [2.75, 3.05) is 13.2 Å². The monoisotopic (exact) mass is 199 g/mol. The van der Waals surface area contributed by atoms with Crippen LogP contribution in [0, 0.1) is 10.1 Å². The molecule has 0 amide bonds. The SMILES string of the molecule is O=[N+]([O-])OCCOc1ccccc1O. The number of hydrogen-bond acceptors (Lipinski definition) is 5. The molecule has 0 saturated carbocycles. The van der Waals surface area contributed by atoms with E-state index in [-0.39, 0.29) is 24.7 Å². The molecule has 0 fully saturated rings. The second kappa shape index (κ2) is 4.90. The Balaban J connectivity index is 2.31. The van der Waals surface area contributed by atoms with Crippen LogP contribution >= 0.6 is 0 Å². The van der Waals surface area contributed by atoms with Crippen molar-refractivity contribution in [1.82, 2.24) is 0 Å². The molecular weight excluding hydrogens is 190 g/mol. The molecule has 1 rings (SSSR count). The van der Waals surface area contributed by atoms with Crippen LogP contribution in [0.4, 0.5) is 0 Å². The standard InChI is InChI=1S/C8H9NO5/c10-7-3-1-2-4-8(7)13-5-6-14-9(11)12/h1-4,10H,5-6H2. The molecule has 76 valence electrons. The van der Waals surface area contributed by atoms with Crippen LogP contribution in [0.25, 0.3) is 0 Å². The number of rotatable bonds is 5. The van der Waals surface area contributed by atoms with Gasteiger partial charge in [0, 0.05) is 0 Å². The zero-order chi connectivity index (χ0) is 10.4. The fraction of sp³-hybridized carbons (Fsp3) is 0.250. The molecule has 0 spiro atoms. The summed E-state index contributed by atoms with van der Waals surface area (Å²) in [4.78, 5) is 13.8. The molecule has 0 aliphatic heterocycles. The average Bonchev–Trinajstić information content (AvgIpc) is 2.15. The Labute approximate surface area is 79.8 Å². The maximum atomic E-state index is 9.76. The smallest absolute Gasteiger partial charge is 0.294 e. The lowest BCUT2D eigenvalue weighted by atomic mass is 10.3. The molecule has 6 heteroatoms. The van der Waals surface area contributed by atoms with Crippen molar-refractivity contribution < 1.29 is 19.8 Å². The van der Waals surface area contributed by atoms with E-state index in [1.807, 2.05) is 0 Å². The van der Waals surface area contributed by atoms with Crippen LogP contribution in [0.2, 0.25) is 0 Å². The zero-order valence-electron chi connectivity index (χ0n) is 7.25. The lowest BCUT2D eigenvalue weighted by Crippen LogP contribution is -2.10. The summed E-state index contributed by atoms with van der Waals surface area (Å²) < 4.78 is 5.01. The highest BCUT2D eigenvalue weighted by molar-refractivity contribution is 5.37. The van der Waals surface area contributed by atoms with E-state index in [0.717, 1.165) is 0 Å². The first-order valence-corrected chi connectivity index (χ1v) is 3.88. The van der Waals surface area contributed by atoms with E-state index in [9.17, 15) is 15.2 Å². The molecule has 1 N–H and O–H groups in total. The Morgan fingerprint density at radius 3 is 2.71 bits per heavy atom. The van der Waals surface area contributed by atoms with Crippen molar-refractivity contribution in [3.8, 4) is 11.5 Å². The van der Waals surface area contributed by atoms with E-state index in [2.05, 4.69) is 4.84 Å². The van der Waals surface area contributed by atoms with Gasteiger partial charge in [-0.05, 0) is 12.1 Å². The summed E-state index contributed by atoms with van der Waals surface area (Å²) in [6.45, 7) is -0.153. The number of aromatic hydroxyl groups is 1. The summed E-state index contributed by atoms with van der Waals surface area (Å²) in [5, 5.41) is 18.1. The quantitative estimate of drug-likeness (QED) is 0.434. The molecule has 6 nitrogen and oxygen atoms in total. The van der Waals surface area contributed by atoms with Gasteiger partial charge in [0.05, 0.1) is 0 Å². The predicted octanol–water partition coefficient (Wildman–Crippen LogP) is 0.979. The van der Waals surface area contributed by atoms with Gasteiger partial charge >= 0.3 is 0 Å². The number of ether oxygens (including phenoxy) is 1. The molecule has 0 aliphatic carbocycles. The minimum atomic E-state index is -0.895. The predicted molar refractivity (Wildman–Crippen MR) is 46.5 cm³/mol. The lowest BCUT2D eigenvalue weighted by molar-refractivity contribution is -0.757. The number of benzene rings is 1. The summed E-state index contributed by atoms with van der Waals surface area (Å²) in [7, 11) is 0. The fourth-order valence-electron chi connectivity index (χ4n) is 0.843. The fourth-order valence-corrected chi connectivity index (χ4v) is 0.843. The third kappa shape index (κ3) is 3.18. The topological polar surface area (TPSA) is 81.8 Å². The minimum absolute atomic E-state index is 0.00592. The summed E-state index contributed by atoms with van der Waals surface area (Å²) in [6.07, 6.45) is 0. The number of phenols is 1. The number of phenolic OH excluding ortho intramolecular Hbond substituents is 1. The van der Waals surface area contributed by atoms with Gasteiger partial charge in [0.25, 0.3) is 5.09 Å². The minimum Gasteiger partial charge on any atom is -0.504 e. The maximum absolute atomic E-state index is 9.76. The van der Waals surface area contributed by atoms with Gasteiger partial charge in [0.1, 0.15) is 13.2 Å². The van der Waals surface area contributed by atoms with Crippen molar-refractivity contribution in [3.63, 3.8) is 0 Å². The largest absolute Gasteiger partial charge is 0.504 e. The Bertz CT molecular complexity index is 314. The van der Waals surface area contributed by atoms with Gasteiger partial charge in [-0.2, -0.15) is 0 Å². The van der Waals surface area contributed by atoms with Crippen LogP contribution < -0.4 is 4.74 Å². The molecule has 14 heavy (non-hydrogen) atoms. The Morgan fingerprint density at radius 1 is 1.36 bits per heavy atom. The van der Waals surface area contributed by atoms with Crippen LogP contribution in [0.1, 0.15) is 0 Å². The molecule has 1 aromatic rings. The van der Waals surface area contributed by atoms with E-state index >= 15 is 0 Å². The summed E-state index contributed by atoms with van der Waals surface area (Å²) in [5.41, 5.74) is 0. The van der Waals surface area contributed by atoms with E-state index < -0.39 is 5.09 Å². The van der Waals surface area contributed by atoms with Crippen LogP contribution in [0.15, 0.2) is 24.3 Å². The van der Waals surface area contributed by atoms with Gasteiger partial charge in [-0.3, -0.25) is 0 Å². The molecule has 0 unspecified atom stereocenters. The molecular formula is C8H9NO5. The zero-order valence-corrected chi connectivity index (χ0v) is 7.25. The lowest BCUT2D eigenvalue weighted by Gasteiger charge is -2.06. The van der Waals surface area contributed by atoms with Crippen molar-refractivity contribution in [2.45, 2.75) is 0 Å². The third-order valence-electron chi connectivity index (χ3n) is 1.40. The Kier molecular flexibility index (Phi) is 3.54. The summed E-state index contributed by atoms with van der Waals surface area (Å²) in [5.74, 6) is 0.271. The van der Waals surface area contributed by atoms with E-state index in [1.54, 1.807) is 18.2 Å². The number of nitrogens with zero attached hydrogens (tertiary/aromatic N) is 1. The molecule has 0 saturated heterocycles. The second-order valence-corrected chi connectivity index (χ2v) is 2.37. The van der Waals surface area contributed by atoms with E-state index in [4.69, 9.17) is 4.74 Å². The van der Waals surface area contributed by atoms with Crippen LogP contribution in [0.3, 0.4) is 0 Å². The molecule has 0 aromatic heterocycles. The van der Waals surface area contributed by atoms with Gasteiger partial charge in [0.15, 0.2) is 11.5 Å². The second-order valence-electron chi connectivity index (χ2n) is 2.37. The highest BCUT2D eigenvalue weighted by atomic mass is 17.0. The van der Waals surface area contributed by atoms with Crippen molar-refractivity contribution in [1.29, 1.82) is 0 Å². The van der Waals surface area contributed by atoms with Crippen LogP contribution in [-0.4, -0.2) is 23.4 Å². The Morgan fingerprint density at radius 2 is 2.07 bits per heavy atom. The van der Waals surface area contributed by atoms with Crippen LogP contribution in [0.5, 0.6) is 11.5 Å². The van der Waals surface area contributed by atoms with E-state index in [1.165, 1.54) is 6.07 Å². The summed E-state index contributed by atoms with van der Waals surface area (Å²) in [6, 6.07) is 6.35. The number of para-hydroxylation sites is 2. The van der Waals surface area contributed by atoms with Gasteiger partial charge in [0.2, 0.25) is 0 Å². The first-order valence-electron chi connectivity index (χ1n) is 3.88. The van der Waals surface area contributed by atoms with Gasteiger partial charge in [-0.1, -0.05) is 12.1 Å². The maximum Gasteiger partial charge on any atom is 0.294 e. The van der Waals surface area contributed by atoms with Crippen molar-refractivity contribution >= 4 is 0 Å². The highest BCUT2D eigenvalue weighted by Crippen LogP contribution is 2.23. The summed E-state index contributed by atoms with van der Waals surface area (Å²) >= 11 is 0. The molecule has 0 bridgehead atoms. The molecule has 0 radical (unpaired) electrons. The van der Waals surface area contributed by atoms with Gasteiger partial charge in [-0.15, -0.1) is 10.1 Å². The molecule has 0 aliphatic rings. The first-order chi connectivity index (χ1) is 6.70. The van der Waals surface area contributed by atoms with Gasteiger partial charge in [-0.25, -0.2) is 0 Å². The molecule has 0 heterocycles. The average molecular weight is 199 g/mol. The molecule has 0 atom stereocenters. The van der Waals surface area contributed by atoms with Crippen molar-refractivity contribution in [2.24, 2.45) is 0 Å². The Hall–Kier alpha value is -1.98.